The lowest BCUT2D eigenvalue weighted by atomic mass is 9.68. The van der Waals surface area contributed by atoms with E-state index in [1.54, 1.807) is 22.7 Å². The number of thiophene rings is 2. The highest BCUT2D eigenvalue weighted by molar-refractivity contribution is 7.14. The van der Waals surface area contributed by atoms with Gasteiger partial charge in [-0.05, 0) is 134 Å². The summed E-state index contributed by atoms with van der Waals surface area (Å²) in [6, 6.07) is 4.33. The predicted molar refractivity (Wildman–Crippen MR) is 203 cm³/mol. The molecule has 0 aromatic carbocycles. The van der Waals surface area contributed by atoms with E-state index >= 15 is 0 Å². The first-order valence-corrected chi connectivity index (χ1v) is 21.2. The highest BCUT2D eigenvalue weighted by Crippen LogP contribution is 2.42. The maximum atomic E-state index is 12.7. The van der Waals surface area contributed by atoms with Crippen LogP contribution in [0.5, 0.6) is 0 Å². The molecule has 2 saturated heterocycles. The lowest BCUT2D eigenvalue weighted by Crippen LogP contribution is -2.52. The minimum absolute atomic E-state index is 0.0449. The number of hydrogen-bond donors (Lipinski definition) is 2. The molecule has 3 fully saturated rings. The van der Waals surface area contributed by atoms with Gasteiger partial charge in [0, 0.05) is 53.4 Å². The predicted octanol–water partition coefficient (Wildman–Crippen LogP) is 7.51. The van der Waals surface area contributed by atoms with Gasteiger partial charge in [0.25, 0.3) is 11.8 Å². The van der Waals surface area contributed by atoms with Crippen LogP contribution in [0.3, 0.4) is 0 Å². The van der Waals surface area contributed by atoms with Crippen molar-refractivity contribution in [3.63, 3.8) is 0 Å². The second-order valence-corrected chi connectivity index (χ2v) is 18.5. The van der Waals surface area contributed by atoms with Crippen molar-refractivity contribution in [1.29, 1.82) is 0 Å². The average Bonchev–Trinajstić information content (AvgIpc) is 3.61. The number of likely N-dealkylation sites (tertiary alicyclic amines) is 1. The molecule has 0 bridgehead atoms. The Morgan fingerprint density at radius 1 is 0.714 bits per heavy atom. The Morgan fingerprint density at radius 2 is 1.24 bits per heavy atom. The third kappa shape index (κ3) is 10.2. The van der Waals surface area contributed by atoms with Gasteiger partial charge in [-0.15, -0.1) is 22.7 Å². The maximum absolute atomic E-state index is 12.7. The number of carbonyl (C=O) groups excluding carboxylic acids is 2. The zero-order chi connectivity index (χ0) is 34.1. The van der Waals surface area contributed by atoms with Gasteiger partial charge in [-0.1, -0.05) is 32.1 Å². The summed E-state index contributed by atoms with van der Waals surface area (Å²) in [5, 5.41) is 6.50. The van der Waals surface area contributed by atoms with Crippen LogP contribution >= 0.6 is 22.7 Å². The zero-order valence-corrected chi connectivity index (χ0v) is 32.1. The molecule has 0 spiro atoms. The fraction of sp³-hybridized carbons (Fsp3) is 0.750. The summed E-state index contributed by atoms with van der Waals surface area (Å²) in [6.07, 6.45) is 22.5. The molecule has 2 aromatic heterocycles. The third-order valence-corrected chi connectivity index (χ3v) is 14.1. The summed E-state index contributed by atoms with van der Waals surface area (Å²) in [5.41, 5.74) is 3.27. The van der Waals surface area contributed by atoms with E-state index in [1.807, 2.05) is 0 Å². The number of carbonyl (C=O) groups is 2. The maximum Gasteiger partial charge on any atom is 0.261 e. The molecule has 2 aromatic rings. The van der Waals surface area contributed by atoms with Crippen LogP contribution in [0.1, 0.15) is 130 Å². The number of nitrogens with one attached hydrogen (secondary N) is 2. The zero-order valence-electron chi connectivity index (χ0n) is 30.5. The van der Waals surface area contributed by atoms with Crippen molar-refractivity contribution in [1.82, 2.24) is 20.4 Å². The molecule has 2 aliphatic heterocycles. The molecule has 2 amide bonds. The Labute approximate surface area is 303 Å². The summed E-state index contributed by atoms with van der Waals surface area (Å²) >= 11 is 3.46. The second kappa shape index (κ2) is 17.6. The van der Waals surface area contributed by atoms with E-state index in [4.69, 9.17) is 4.74 Å². The molecule has 1 saturated carbocycles. The van der Waals surface area contributed by atoms with Crippen molar-refractivity contribution in [3.05, 3.63) is 42.8 Å². The van der Waals surface area contributed by atoms with E-state index < -0.39 is 0 Å². The summed E-state index contributed by atoms with van der Waals surface area (Å²) in [4.78, 5) is 34.9. The normalized spacial score (nSPS) is 23.9. The van der Waals surface area contributed by atoms with Crippen molar-refractivity contribution in [2.75, 3.05) is 66.6 Å². The summed E-state index contributed by atoms with van der Waals surface area (Å²) in [6.45, 7) is 7.81. The molecule has 7 nitrogen and oxygen atoms in total. The topological polar surface area (TPSA) is 73.9 Å². The second-order valence-electron chi connectivity index (χ2n) is 16.2. The number of ether oxygens (including phenoxy) is 1. The monoisotopic (exact) mass is 710 g/mol. The Morgan fingerprint density at radius 3 is 1.69 bits per heavy atom. The van der Waals surface area contributed by atoms with Gasteiger partial charge in [-0.25, -0.2) is 0 Å². The van der Waals surface area contributed by atoms with Gasteiger partial charge in [-0.3, -0.25) is 9.59 Å². The van der Waals surface area contributed by atoms with Gasteiger partial charge in [0.1, 0.15) is 0 Å². The number of aryl methyl sites for hydroxylation is 4. The minimum Gasteiger partial charge on any atom is -0.381 e. The van der Waals surface area contributed by atoms with Gasteiger partial charge in [0.2, 0.25) is 0 Å². The quantitative estimate of drug-likeness (QED) is 0.267. The summed E-state index contributed by atoms with van der Waals surface area (Å²) < 4.78 is 5.74. The molecule has 4 heterocycles. The van der Waals surface area contributed by atoms with Crippen LogP contribution in [0.25, 0.3) is 0 Å². The molecule has 0 radical (unpaired) electrons. The number of fused-ring (bicyclic) bond motifs is 2. The van der Waals surface area contributed by atoms with Gasteiger partial charge in [-0.2, -0.15) is 0 Å². The van der Waals surface area contributed by atoms with Gasteiger partial charge >= 0.3 is 0 Å². The molecular weight excluding hydrogens is 649 g/mol. The van der Waals surface area contributed by atoms with Crippen molar-refractivity contribution in [2.24, 2.45) is 10.8 Å². The average molecular weight is 711 g/mol. The number of nitrogens with zero attached hydrogens (tertiary/aromatic N) is 2. The highest BCUT2D eigenvalue weighted by Gasteiger charge is 2.40. The molecule has 1 atom stereocenters. The van der Waals surface area contributed by atoms with E-state index in [0.29, 0.717) is 12.0 Å². The van der Waals surface area contributed by atoms with Crippen LogP contribution in [0.4, 0.5) is 0 Å². The minimum atomic E-state index is 0.0449. The van der Waals surface area contributed by atoms with E-state index in [-0.39, 0.29) is 17.2 Å². The van der Waals surface area contributed by atoms with E-state index in [2.05, 4.69) is 46.7 Å². The SMILES string of the molecule is CN(C)CC1(CNC(=O)c2cc3c(s2)CCCCCC3)CCCOC1.O=C(NCC1(CN2CCC2)CCC1)c1cc2c(s1)CCCCCC2. The molecular formula is C40H62N4O3S2. The Kier molecular flexibility index (Phi) is 13.3. The summed E-state index contributed by atoms with van der Waals surface area (Å²) in [7, 11) is 4.19. The lowest BCUT2D eigenvalue weighted by Gasteiger charge is -2.47. The van der Waals surface area contributed by atoms with Gasteiger partial charge < -0.3 is 25.2 Å². The van der Waals surface area contributed by atoms with Crippen LogP contribution in [-0.4, -0.2) is 88.2 Å². The highest BCUT2D eigenvalue weighted by atomic mass is 32.1. The number of hydrogen-bond acceptors (Lipinski definition) is 7. The first-order chi connectivity index (χ1) is 23.8. The molecule has 272 valence electrons. The van der Waals surface area contributed by atoms with Crippen molar-refractivity contribution in [3.8, 4) is 0 Å². The Bertz CT molecular complexity index is 1320. The summed E-state index contributed by atoms with van der Waals surface area (Å²) in [5.74, 6) is 0.266. The van der Waals surface area contributed by atoms with Crippen molar-refractivity contribution in [2.45, 2.75) is 116 Å². The lowest BCUT2D eigenvalue weighted by molar-refractivity contribution is -0.0189. The Balaban J connectivity index is 0.000000170. The molecule has 7 rings (SSSR count). The first kappa shape index (κ1) is 37.0. The molecule has 49 heavy (non-hydrogen) atoms. The van der Waals surface area contributed by atoms with Crippen molar-refractivity contribution < 1.29 is 14.3 Å². The van der Waals surface area contributed by atoms with Crippen molar-refractivity contribution >= 4 is 34.5 Å². The van der Waals surface area contributed by atoms with Gasteiger partial charge in [0.15, 0.2) is 0 Å². The van der Waals surface area contributed by atoms with Crippen LogP contribution in [0, 0.1) is 10.8 Å². The first-order valence-electron chi connectivity index (χ1n) is 19.6. The fourth-order valence-corrected chi connectivity index (χ4v) is 10.9. The molecule has 3 aliphatic carbocycles. The molecule has 5 aliphatic rings. The molecule has 2 N–H and O–H groups in total. The van der Waals surface area contributed by atoms with E-state index in [9.17, 15) is 9.59 Å². The van der Waals surface area contributed by atoms with Crippen LogP contribution in [0.15, 0.2) is 12.1 Å². The third-order valence-electron chi connectivity index (χ3n) is 11.7. The van der Waals surface area contributed by atoms with E-state index in [0.717, 1.165) is 68.2 Å². The van der Waals surface area contributed by atoms with Crippen LogP contribution in [-0.2, 0) is 30.4 Å². The largest absolute Gasteiger partial charge is 0.381 e. The number of amides is 2. The van der Waals surface area contributed by atoms with Gasteiger partial charge in [0.05, 0.1) is 16.4 Å². The van der Waals surface area contributed by atoms with E-state index in [1.165, 1.54) is 124 Å². The van der Waals surface area contributed by atoms with Crippen LogP contribution in [0.2, 0.25) is 0 Å². The molecule has 9 heteroatoms. The standard InChI is InChI=1S/C20H32N2O2S.C20H30N2OS/c1-22(2)14-20(10-7-11-24-15-20)13-21-19(23)18-12-16-8-5-3-4-6-9-17(16)25-18;23-19(18-13-16-7-3-1-2-4-8-17(16)24-18)21-14-20(9-5-10-20)15-22-11-6-12-22/h12H,3-11,13-15H2,1-2H3,(H,21,23);13H,1-12,14-15H2,(H,21,23). The molecule has 1 unspecified atom stereocenters. The van der Waals surface area contributed by atoms with Crippen LogP contribution < -0.4 is 10.6 Å². The number of rotatable bonds is 10. The smallest absolute Gasteiger partial charge is 0.261 e. The Hall–Kier alpha value is -1.78. The fourth-order valence-electron chi connectivity index (χ4n) is 8.60.